The van der Waals surface area contributed by atoms with E-state index in [1.165, 1.54) is 23.1 Å². The van der Waals surface area contributed by atoms with Crippen LogP contribution >= 0.6 is 23.2 Å². The molecule has 0 N–H and O–H groups in total. The molecule has 0 spiro atoms. The Hall–Kier alpha value is -2.57. The number of hydrogen-bond donors (Lipinski definition) is 0. The molecule has 0 aliphatic carbocycles. The van der Waals surface area contributed by atoms with Gasteiger partial charge in [0, 0.05) is 12.1 Å². The molecule has 1 aliphatic rings. The van der Waals surface area contributed by atoms with Crippen molar-refractivity contribution >= 4 is 46.5 Å². The van der Waals surface area contributed by atoms with Crippen LogP contribution in [0.5, 0.6) is 5.75 Å². The Morgan fingerprint density at radius 1 is 1.11 bits per heavy atom. The van der Waals surface area contributed by atoms with Gasteiger partial charge in [-0.1, -0.05) is 35.3 Å². The number of benzene rings is 2. The number of amides is 1. The number of carbonyl (C=O) groups is 3. The third-order valence-electron chi connectivity index (χ3n) is 3.95. The van der Waals surface area contributed by atoms with E-state index in [1.54, 1.807) is 24.3 Å². The summed E-state index contributed by atoms with van der Waals surface area (Å²) in [5.74, 6) is -0.636. The Labute approximate surface area is 165 Å². The van der Waals surface area contributed by atoms with Crippen LogP contribution in [-0.2, 0) is 14.3 Å². The topological polar surface area (TPSA) is 72.9 Å². The number of ketones is 1. The fourth-order valence-electron chi connectivity index (χ4n) is 2.57. The highest BCUT2D eigenvalue weighted by molar-refractivity contribution is 6.42. The first-order valence-electron chi connectivity index (χ1n) is 8.12. The zero-order valence-electron chi connectivity index (χ0n) is 14.1. The lowest BCUT2D eigenvalue weighted by atomic mass is 10.1. The number of rotatable bonds is 6. The van der Waals surface area contributed by atoms with Crippen LogP contribution in [0.2, 0.25) is 10.0 Å². The fraction of sp³-hybridized carbons (Fsp3) is 0.211. The molecule has 0 saturated carbocycles. The van der Waals surface area contributed by atoms with Crippen LogP contribution in [0.4, 0.5) is 5.69 Å². The van der Waals surface area contributed by atoms with E-state index in [2.05, 4.69) is 0 Å². The first kappa shape index (κ1) is 19.2. The molecule has 1 aliphatic heterocycles. The van der Waals surface area contributed by atoms with Gasteiger partial charge in [0.15, 0.2) is 19.0 Å². The summed E-state index contributed by atoms with van der Waals surface area (Å²) in [5.41, 5.74) is 0.905. The molecule has 0 atom stereocenters. The fourth-order valence-corrected chi connectivity index (χ4v) is 2.87. The first-order valence-corrected chi connectivity index (χ1v) is 8.87. The number of anilines is 1. The SMILES string of the molecule is O=C(CCN1C(=O)COc2ccccc21)OCC(=O)c1ccc(Cl)c(Cl)c1. The number of hydrogen-bond acceptors (Lipinski definition) is 5. The van der Waals surface area contributed by atoms with Crippen molar-refractivity contribution in [3.63, 3.8) is 0 Å². The number of carbonyl (C=O) groups excluding carboxylic acids is 3. The van der Waals surface area contributed by atoms with Crippen LogP contribution in [0.3, 0.4) is 0 Å². The maximum atomic E-state index is 12.1. The molecular weight excluding hydrogens is 393 g/mol. The van der Waals surface area contributed by atoms with E-state index in [4.69, 9.17) is 32.7 Å². The number of ether oxygens (including phenoxy) is 2. The molecule has 2 aromatic rings. The normalized spacial score (nSPS) is 13.0. The molecule has 3 rings (SSSR count). The summed E-state index contributed by atoms with van der Waals surface area (Å²) in [5, 5.41) is 0.582. The number of fused-ring (bicyclic) bond motifs is 1. The Bertz CT molecular complexity index is 899. The molecular formula is C19H15Cl2NO5. The second-order valence-corrected chi connectivity index (χ2v) is 6.58. The average molecular weight is 408 g/mol. The van der Waals surface area contributed by atoms with E-state index in [1.807, 2.05) is 0 Å². The van der Waals surface area contributed by atoms with E-state index in [-0.39, 0.29) is 30.5 Å². The zero-order valence-corrected chi connectivity index (χ0v) is 15.6. The van der Waals surface area contributed by atoms with Crippen LogP contribution in [0.1, 0.15) is 16.8 Å². The van der Waals surface area contributed by atoms with Gasteiger partial charge in [-0.25, -0.2) is 0 Å². The minimum atomic E-state index is -0.583. The Morgan fingerprint density at radius 3 is 2.67 bits per heavy atom. The summed E-state index contributed by atoms with van der Waals surface area (Å²) in [7, 11) is 0. The molecule has 0 radical (unpaired) electrons. The Kier molecular flexibility index (Phi) is 5.98. The molecule has 140 valence electrons. The average Bonchev–Trinajstić information content (AvgIpc) is 2.67. The van der Waals surface area contributed by atoms with Gasteiger partial charge >= 0.3 is 5.97 Å². The van der Waals surface area contributed by atoms with E-state index >= 15 is 0 Å². The van der Waals surface area contributed by atoms with Gasteiger partial charge in [0.2, 0.25) is 0 Å². The first-order chi connectivity index (χ1) is 13.0. The summed E-state index contributed by atoms with van der Waals surface area (Å²) in [6.07, 6.45) is -0.0469. The lowest BCUT2D eigenvalue weighted by molar-refractivity contribution is -0.142. The van der Waals surface area contributed by atoms with Gasteiger partial charge in [-0.2, -0.15) is 0 Å². The lowest BCUT2D eigenvalue weighted by Crippen LogP contribution is -2.40. The number of nitrogens with zero attached hydrogens (tertiary/aromatic N) is 1. The van der Waals surface area contributed by atoms with Crippen molar-refractivity contribution < 1.29 is 23.9 Å². The summed E-state index contributed by atoms with van der Waals surface area (Å²) in [4.78, 5) is 37.6. The van der Waals surface area contributed by atoms with Crippen molar-refractivity contribution in [2.75, 3.05) is 24.7 Å². The van der Waals surface area contributed by atoms with E-state index in [0.717, 1.165) is 0 Å². The maximum Gasteiger partial charge on any atom is 0.308 e. The third-order valence-corrected chi connectivity index (χ3v) is 4.69. The van der Waals surface area contributed by atoms with Crippen molar-refractivity contribution in [2.24, 2.45) is 0 Å². The van der Waals surface area contributed by atoms with Gasteiger partial charge in [-0.05, 0) is 30.3 Å². The molecule has 0 bridgehead atoms. The van der Waals surface area contributed by atoms with E-state index in [0.29, 0.717) is 22.0 Å². The highest BCUT2D eigenvalue weighted by Crippen LogP contribution is 2.31. The van der Waals surface area contributed by atoms with E-state index < -0.39 is 18.4 Å². The largest absolute Gasteiger partial charge is 0.482 e. The van der Waals surface area contributed by atoms with Crippen LogP contribution in [0.15, 0.2) is 42.5 Å². The van der Waals surface area contributed by atoms with Gasteiger partial charge in [-0.15, -0.1) is 0 Å². The molecule has 6 nitrogen and oxygen atoms in total. The molecule has 0 unspecified atom stereocenters. The Balaban J connectivity index is 1.53. The van der Waals surface area contributed by atoms with Gasteiger partial charge in [0.1, 0.15) is 5.75 Å². The van der Waals surface area contributed by atoms with Gasteiger partial charge < -0.3 is 14.4 Å². The van der Waals surface area contributed by atoms with Crippen LogP contribution in [-0.4, -0.2) is 37.4 Å². The molecule has 0 aromatic heterocycles. The minimum Gasteiger partial charge on any atom is -0.482 e. The summed E-state index contributed by atoms with van der Waals surface area (Å²) in [6, 6.07) is 11.5. The van der Waals surface area contributed by atoms with Gasteiger partial charge in [-0.3, -0.25) is 14.4 Å². The smallest absolute Gasteiger partial charge is 0.308 e. The second kappa shape index (κ2) is 8.41. The van der Waals surface area contributed by atoms with Crippen molar-refractivity contribution in [3.05, 3.63) is 58.1 Å². The number of para-hydroxylation sites is 2. The van der Waals surface area contributed by atoms with E-state index in [9.17, 15) is 14.4 Å². The van der Waals surface area contributed by atoms with Crippen molar-refractivity contribution in [1.29, 1.82) is 0 Å². The van der Waals surface area contributed by atoms with Gasteiger partial charge in [0.05, 0.1) is 22.2 Å². The summed E-state index contributed by atoms with van der Waals surface area (Å²) < 4.78 is 10.4. The van der Waals surface area contributed by atoms with Gasteiger partial charge in [0.25, 0.3) is 5.91 Å². The molecule has 1 amide bonds. The number of halogens is 2. The maximum absolute atomic E-state index is 12.1. The number of Topliss-reactive ketones (excluding diaryl/α,β-unsaturated/α-hetero) is 1. The number of esters is 1. The highest BCUT2D eigenvalue weighted by atomic mass is 35.5. The molecule has 2 aromatic carbocycles. The monoisotopic (exact) mass is 407 g/mol. The second-order valence-electron chi connectivity index (χ2n) is 5.76. The van der Waals surface area contributed by atoms with Crippen molar-refractivity contribution in [3.8, 4) is 5.75 Å². The van der Waals surface area contributed by atoms with Crippen LogP contribution in [0, 0.1) is 0 Å². The minimum absolute atomic E-state index is 0.0469. The predicted molar refractivity (Wildman–Crippen MR) is 101 cm³/mol. The third kappa shape index (κ3) is 4.59. The molecule has 27 heavy (non-hydrogen) atoms. The summed E-state index contributed by atoms with van der Waals surface area (Å²) in [6.45, 7) is -0.356. The molecule has 1 heterocycles. The standard InChI is InChI=1S/C19H15Cl2NO5/c20-13-6-5-12(9-14(13)21)16(23)10-27-19(25)7-8-22-15-3-1-2-4-17(15)26-11-18(22)24/h1-6,9H,7-8,10-11H2. The quantitative estimate of drug-likeness (QED) is 0.540. The Morgan fingerprint density at radius 2 is 1.89 bits per heavy atom. The van der Waals surface area contributed by atoms with Crippen LogP contribution < -0.4 is 9.64 Å². The molecule has 8 heteroatoms. The molecule has 0 saturated heterocycles. The predicted octanol–water partition coefficient (Wildman–Crippen LogP) is 3.54. The van der Waals surface area contributed by atoms with Crippen molar-refractivity contribution in [2.45, 2.75) is 6.42 Å². The zero-order chi connectivity index (χ0) is 19.4. The molecule has 0 fully saturated rings. The highest BCUT2D eigenvalue weighted by Gasteiger charge is 2.25. The van der Waals surface area contributed by atoms with Crippen LogP contribution in [0.25, 0.3) is 0 Å². The van der Waals surface area contributed by atoms with Crippen molar-refractivity contribution in [1.82, 2.24) is 0 Å². The lowest BCUT2D eigenvalue weighted by Gasteiger charge is -2.28. The summed E-state index contributed by atoms with van der Waals surface area (Å²) >= 11 is 11.7.